The molecular formula is C18H22. The molecule has 0 atom stereocenters. The number of hydrogen-bond acceptors (Lipinski definition) is 0. The summed E-state index contributed by atoms with van der Waals surface area (Å²) in [5.74, 6) is 0. The van der Waals surface area contributed by atoms with Crippen molar-refractivity contribution in [1.82, 2.24) is 0 Å². The van der Waals surface area contributed by atoms with Gasteiger partial charge in [0.1, 0.15) is 0 Å². The molecule has 0 aliphatic carbocycles. The third-order valence-corrected chi connectivity index (χ3v) is 2.64. The molecule has 0 radical (unpaired) electrons. The first kappa shape index (κ1) is 14.2. The van der Waals surface area contributed by atoms with Crippen LogP contribution >= 0.6 is 0 Å². The summed E-state index contributed by atoms with van der Waals surface area (Å²) in [6, 6.07) is 20.8. The lowest BCUT2D eigenvalue weighted by Crippen LogP contribution is -1.73. The van der Waals surface area contributed by atoms with Crippen LogP contribution in [0.3, 0.4) is 0 Å². The standard InChI is InChI=1S/C12H10.C6H12/c1-3-7-11(8-4-1)12-9-5-2-6-10-12;1-3-5-6-4-2/h1-10H;3H,1,4-6H2,2H3. The van der Waals surface area contributed by atoms with Crippen LogP contribution in [0.2, 0.25) is 0 Å². The van der Waals surface area contributed by atoms with E-state index in [-0.39, 0.29) is 0 Å². The minimum absolute atomic E-state index is 1.18. The summed E-state index contributed by atoms with van der Waals surface area (Å²) >= 11 is 0. The summed E-state index contributed by atoms with van der Waals surface area (Å²) in [7, 11) is 0. The Balaban J connectivity index is 0.000000232. The molecule has 0 N–H and O–H groups in total. The van der Waals surface area contributed by atoms with E-state index in [4.69, 9.17) is 0 Å². The Kier molecular flexibility index (Phi) is 7.31. The number of hydrogen-bond donors (Lipinski definition) is 0. The van der Waals surface area contributed by atoms with Crippen LogP contribution in [0.4, 0.5) is 0 Å². The Hall–Kier alpha value is -1.82. The monoisotopic (exact) mass is 238 g/mol. The zero-order chi connectivity index (χ0) is 13.1. The summed E-state index contributed by atoms with van der Waals surface area (Å²) in [5, 5.41) is 0. The molecule has 0 heterocycles. The first-order valence-corrected chi connectivity index (χ1v) is 6.59. The van der Waals surface area contributed by atoms with Crippen molar-refractivity contribution in [2.24, 2.45) is 0 Å². The van der Waals surface area contributed by atoms with Crippen molar-refractivity contribution >= 4 is 0 Å². The summed E-state index contributed by atoms with van der Waals surface area (Å²) in [5.41, 5.74) is 2.55. The van der Waals surface area contributed by atoms with Crippen molar-refractivity contribution in [2.75, 3.05) is 0 Å². The lowest BCUT2D eigenvalue weighted by molar-refractivity contribution is 0.816. The maximum Gasteiger partial charge on any atom is -0.0184 e. The Morgan fingerprint density at radius 2 is 1.28 bits per heavy atom. The first-order chi connectivity index (χ1) is 8.88. The predicted octanol–water partition coefficient (Wildman–Crippen LogP) is 5.72. The van der Waals surface area contributed by atoms with Gasteiger partial charge in [-0.3, -0.25) is 0 Å². The minimum Gasteiger partial charge on any atom is -0.103 e. The zero-order valence-corrected chi connectivity index (χ0v) is 11.2. The predicted molar refractivity (Wildman–Crippen MR) is 81.6 cm³/mol. The van der Waals surface area contributed by atoms with Gasteiger partial charge in [0.15, 0.2) is 0 Å². The van der Waals surface area contributed by atoms with Crippen LogP contribution in [0.1, 0.15) is 26.2 Å². The third kappa shape index (κ3) is 5.49. The van der Waals surface area contributed by atoms with Crippen molar-refractivity contribution in [3.05, 3.63) is 73.3 Å². The van der Waals surface area contributed by atoms with E-state index < -0.39 is 0 Å². The second-order valence-electron chi connectivity index (χ2n) is 4.16. The fraction of sp³-hybridized carbons (Fsp3) is 0.222. The van der Waals surface area contributed by atoms with Crippen LogP contribution in [-0.4, -0.2) is 0 Å². The Morgan fingerprint density at radius 1 is 0.833 bits per heavy atom. The van der Waals surface area contributed by atoms with Gasteiger partial charge in [-0.2, -0.15) is 0 Å². The summed E-state index contributed by atoms with van der Waals surface area (Å²) < 4.78 is 0. The van der Waals surface area contributed by atoms with E-state index in [1.165, 1.54) is 30.4 Å². The van der Waals surface area contributed by atoms with E-state index in [0.29, 0.717) is 0 Å². The molecule has 0 amide bonds. The van der Waals surface area contributed by atoms with Crippen molar-refractivity contribution in [2.45, 2.75) is 26.2 Å². The molecule has 0 saturated carbocycles. The third-order valence-electron chi connectivity index (χ3n) is 2.64. The summed E-state index contributed by atoms with van der Waals surface area (Å²) in [4.78, 5) is 0. The van der Waals surface area contributed by atoms with Gasteiger partial charge in [-0.25, -0.2) is 0 Å². The molecule has 94 valence electrons. The van der Waals surface area contributed by atoms with Crippen LogP contribution in [0, 0.1) is 0 Å². The maximum absolute atomic E-state index is 3.60. The van der Waals surface area contributed by atoms with Crippen LogP contribution < -0.4 is 0 Å². The van der Waals surface area contributed by atoms with E-state index in [1.807, 2.05) is 18.2 Å². The summed E-state index contributed by atoms with van der Waals surface area (Å²) in [6.07, 6.45) is 5.72. The Morgan fingerprint density at radius 3 is 1.56 bits per heavy atom. The first-order valence-electron chi connectivity index (χ1n) is 6.59. The van der Waals surface area contributed by atoms with Crippen LogP contribution in [0.15, 0.2) is 73.3 Å². The van der Waals surface area contributed by atoms with Gasteiger partial charge >= 0.3 is 0 Å². The fourth-order valence-electron chi connectivity index (χ4n) is 1.61. The fourth-order valence-corrected chi connectivity index (χ4v) is 1.61. The minimum atomic E-state index is 1.18. The quantitative estimate of drug-likeness (QED) is 0.472. The highest BCUT2D eigenvalue weighted by Crippen LogP contribution is 2.17. The highest BCUT2D eigenvalue weighted by molar-refractivity contribution is 5.62. The van der Waals surface area contributed by atoms with Gasteiger partial charge < -0.3 is 0 Å². The van der Waals surface area contributed by atoms with Gasteiger partial charge in [0, 0.05) is 0 Å². The zero-order valence-electron chi connectivity index (χ0n) is 11.2. The van der Waals surface area contributed by atoms with Crippen molar-refractivity contribution < 1.29 is 0 Å². The Labute approximate surface area is 111 Å². The smallest absolute Gasteiger partial charge is 0.0184 e. The molecule has 18 heavy (non-hydrogen) atoms. The van der Waals surface area contributed by atoms with E-state index in [2.05, 4.69) is 62.0 Å². The molecule has 0 saturated heterocycles. The van der Waals surface area contributed by atoms with E-state index in [9.17, 15) is 0 Å². The van der Waals surface area contributed by atoms with Gasteiger partial charge in [0.05, 0.1) is 0 Å². The molecule has 0 heteroatoms. The second-order valence-corrected chi connectivity index (χ2v) is 4.16. The highest BCUT2D eigenvalue weighted by atomic mass is 14.0. The molecule has 0 aliphatic rings. The molecule has 2 rings (SSSR count). The van der Waals surface area contributed by atoms with Gasteiger partial charge in [0.25, 0.3) is 0 Å². The van der Waals surface area contributed by atoms with Crippen molar-refractivity contribution in [1.29, 1.82) is 0 Å². The topological polar surface area (TPSA) is 0 Å². The lowest BCUT2D eigenvalue weighted by atomic mass is 10.1. The molecule has 0 nitrogen and oxygen atoms in total. The van der Waals surface area contributed by atoms with Crippen LogP contribution in [0.5, 0.6) is 0 Å². The summed E-state index contributed by atoms with van der Waals surface area (Å²) in [6.45, 7) is 5.78. The SMILES string of the molecule is C=CCCCC.c1ccc(-c2ccccc2)cc1. The van der Waals surface area contributed by atoms with Crippen LogP contribution in [-0.2, 0) is 0 Å². The number of unbranched alkanes of at least 4 members (excludes halogenated alkanes) is 2. The van der Waals surface area contributed by atoms with Gasteiger partial charge in [-0.1, -0.05) is 86.5 Å². The molecule has 0 spiro atoms. The molecule has 2 aromatic rings. The molecule has 2 aromatic carbocycles. The average Bonchev–Trinajstić information content (AvgIpc) is 2.48. The van der Waals surface area contributed by atoms with E-state index in [0.717, 1.165) is 0 Å². The Bertz CT molecular complexity index is 377. The number of allylic oxidation sites excluding steroid dienone is 1. The van der Waals surface area contributed by atoms with E-state index >= 15 is 0 Å². The molecule has 0 fully saturated rings. The molecular weight excluding hydrogens is 216 g/mol. The number of benzene rings is 2. The lowest BCUT2D eigenvalue weighted by Gasteiger charge is -1.98. The molecule has 0 bridgehead atoms. The molecule has 0 aromatic heterocycles. The van der Waals surface area contributed by atoms with Gasteiger partial charge in [-0.15, -0.1) is 6.58 Å². The normalized spacial score (nSPS) is 9.17. The van der Waals surface area contributed by atoms with E-state index in [1.54, 1.807) is 0 Å². The molecule has 0 unspecified atom stereocenters. The number of rotatable bonds is 4. The van der Waals surface area contributed by atoms with Crippen molar-refractivity contribution in [3.8, 4) is 11.1 Å². The largest absolute Gasteiger partial charge is 0.103 e. The van der Waals surface area contributed by atoms with Gasteiger partial charge in [-0.05, 0) is 17.5 Å². The maximum atomic E-state index is 3.60. The highest BCUT2D eigenvalue weighted by Gasteiger charge is 1.91. The second kappa shape index (κ2) is 9.23. The van der Waals surface area contributed by atoms with Crippen molar-refractivity contribution in [3.63, 3.8) is 0 Å². The average molecular weight is 238 g/mol. The van der Waals surface area contributed by atoms with Gasteiger partial charge in [0.2, 0.25) is 0 Å². The molecule has 0 aliphatic heterocycles. The van der Waals surface area contributed by atoms with Crippen LogP contribution in [0.25, 0.3) is 11.1 Å².